The first kappa shape index (κ1) is 14.4. The Morgan fingerprint density at radius 1 is 1.74 bits per heavy atom. The molecule has 0 amide bonds. The normalized spacial score (nSPS) is 27.2. The number of carbonyl (C=O) groups excluding carboxylic acids is 1. The van der Waals surface area contributed by atoms with Crippen LogP contribution in [0.4, 0.5) is 0 Å². The highest BCUT2D eigenvalue weighted by atomic mass is 32.2. The number of nitrogens with one attached hydrogen (secondary N) is 2. The van der Waals surface area contributed by atoms with Gasteiger partial charge in [0.1, 0.15) is 5.54 Å². The number of imidazole rings is 1. The van der Waals surface area contributed by atoms with E-state index >= 15 is 0 Å². The lowest BCUT2D eigenvalue weighted by Crippen LogP contribution is -2.54. The lowest BCUT2D eigenvalue weighted by Gasteiger charge is -2.38. The molecule has 2 atom stereocenters. The fraction of sp³-hybridized carbons (Fsp3) is 0.692. The van der Waals surface area contributed by atoms with Crippen molar-refractivity contribution in [1.29, 1.82) is 0 Å². The Labute approximate surface area is 117 Å². The minimum absolute atomic E-state index is 0.123. The Morgan fingerprint density at radius 2 is 2.58 bits per heavy atom. The second-order valence-corrected chi connectivity index (χ2v) is 6.07. The van der Waals surface area contributed by atoms with E-state index in [4.69, 9.17) is 4.74 Å². The first-order valence-electron chi connectivity index (χ1n) is 6.72. The van der Waals surface area contributed by atoms with Crippen molar-refractivity contribution in [2.24, 2.45) is 0 Å². The summed E-state index contributed by atoms with van der Waals surface area (Å²) in [5.41, 5.74) is -0.529. The number of aromatic amines is 1. The van der Waals surface area contributed by atoms with E-state index in [0.29, 0.717) is 11.9 Å². The minimum Gasteiger partial charge on any atom is -0.465 e. The summed E-state index contributed by atoms with van der Waals surface area (Å²) in [6.45, 7) is 2.28. The summed E-state index contributed by atoms with van der Waals surface area (Å²) in [6, 6.07) is 0. The molecule has 0 bridgehead atoms. The van der Waals surface area contributed by atoms with Gasteiger partial charge >= 0.3 is 5.97 Å². The fourth-order valence-corrected chi connectivity index (χ4v) is 3.81. The summed E-state index contributed by atoms with van der Waals surface area (Å²) < 4.78 is 5.23. The van der Waals surface area contributed by atoms with Gasteiger partial charge in [0, 0.05) is 17.6 Å². The van der Waals surface area contributed by atoms with Crippen LogP contribution in [-0.4, -0.2) is 40.4 Å². The fourth-order valence-electron chi connectivity index (χ4n) is 2.58. The molecule has 2 rings (SSSR count). The molecule has 6 heteroatoms. The highest BCUT2D eigenvalue weighted by molar-refractivity contribution is 7.99. The van der Waals surface area contributed by atoms with Crippen molar-refractivity contribution in [3.63, 3.8) is 0 Å². The molecule has 0 aromatic carbocycles. The van der Waals surface area contributed by atoms with Crippen molar-refractivity contribution >= 4 is 17.7 Å². The molecule has 19 heavy (non-hydrogen) atoms. The van der Waals surface area contributed by atoms with Gasteiger partial charge in [0.05, 0.1) is 6.61 Å². The summed E-state index contributed by atoms with van der Waals surface area (Å²) in [4.78, 5) is 19.5. The largest absolute Gasteiger partial charge is 0.465 e. The average Bonchev–Trinajstić information content (AvgIpc) is 2.92. The number of nitrogens with zero attached hydrogens (tertiary/aromatic N) is 1. The topological polar surface area (TPSA) is 67.0 Å². The highest BCUT2D eigenvalue weighted by Crippen LogP contribution is 2.37. The summed E-state index contributed by atoms with van der Waals surface area (Å²) in [7, 11) is 1.84. The van der Waals surface area contributed by atoms with Crippen molar-refractivity contribution in [2.75, 3.05) is 13.7 Å². The molecule has 1 heterocycles. The van der Waals surface area contributed by atoms with Gasteiger partial charge in [0.25, 0.3) is 0 Å². The minimum atomic E-state index is -0.529. The number of ether oxygens (including phenoxy) is 1. The molecule has 1 aliphatic rings. The third-order valence-corrected chi connectivity index (χ3v) is 4.78. The van der Waals surface area contributed by atoms with Gasteiger partial charge in [-0.3, -0.25) is 4.79 Å². The SMILES string of the molecule is CCOC(=O)C1(NC)CCCC(Sc2ncc[nH]2)C1. The molecule has 106 valence electrons. The first-order valence-corrected chi connectivity index (χ1v) is 7.60. The van der Waals surface area contributed by atoms with Crippen LogP contribution in [0, 0.1) is 0 Å². The average molecular weight is 283 g/mol. The Morgan fingerprint density at radius 3 is 3.21 bits per heavy atom. The zero-order valence-electron chi connectivity index (χ0n) is 11.4. The first-order chi connectivity index (χ1) is 9.20. The zero-order valence-corrected chi connectivity index (χ0v) is 12.3. The van der Waals surface area contributed by atoms with Crippen molar-refractivity contribution in [2.45, 2.75) is 48.6 Å². The Bertz CT molecular complexity index is 410. The van der Waals surface area contributed by atoms with Crippen LogP contribution in [0.15, 0.2) is 17.6 Å². The second kappa shape index (κ2) is 6.43. The lowest BCUT2D eigenvalue weighted by atomic mass is 9.81. The lowest BCUT2D eigenvalue weighted by molar-refractivity contribution is -0.152. The number of carbonyl (C=O) groups is 1. The van der Waals surface area contributed by atoms with Crippen LogP contribution in [0.3, 0.4) is 0 Å². The van der Waals surface area contributed by atoms with Crippen molar-refractivity contribution in [1.82, 2.24) is 15.3 Å². The molecule has 0 spiro atoms. The predicted octanol–water partition coefficient (Wildman–Crippen LogP) is 1.97. The van der Waals surface area contributed by atoms with Crippen LogP contribution in [0.2, 0.25) is 0 Å². The summed E-state index contributed by atoms with van der Waals surface area (Å²) >= 11 is 1.71. The highest BCUT2D eigenvalue weighted by Gasteiger charge is 2.43. The van der Waals surface area contributed by atoms with Crippen LogP contribution in [-0.2, 0) is 9.53 Å². The number of esters is 1. The molecule has 5 nitrogen and oxygen atoms in total. The summed E-state index contributed by atoms with van der Waals surface area (Å²) in [5, 5.41) is 4.50. The van der Waals surface area contributed by atoms with Crippen LogP contribution in [0.25, 0.3) is 0 Å². The van der Waals surface area contributed by atoms with Crippen molar-refractivity contribution in [3.8, 4) is 0 Å². The smallest absolute Gasteiger partial charge is 0.326 e. The molecule has 0 saturated heterocycles. The molecule has 2 unspecified atom stereocenters. The predicted molar refractivity (Wildman–Crippen MR) is 75.1 cm³/mol. The molecule has 0 aliphatic heterocycles. The van der Waals surface area contributed by atoms with Gasteiger partial charge in [-0.05, 0) is 39.7 Å². The van der Waals surface area contributed by atoms with E-state index in [1.54, 1.807) is 18.0 Å². The molecule has 0 radical (unpaired) electrons. The quantitative estimate of drug-likeness (QED) is 0.809. The number of likely N-dealkylation sites (N-methyl/N-ethyl adjacent to an activating group) is 1. The Kier molecular flexibility index (Phi) is 4.87. The van der Waals surface area contributed by atoms with Gasteiger partial charge in [-0.1, -0.05) is 11.8 Å². The number of thioether (sulfide) groups is 1. The van der Waals surface area contributed by atoms with Crippen LogP contribution >= 0.6 is 11.8 Å². The van der Waals surface area contributed by atoms with E-state index in [2.05, 4.69) is 15.3 Å². The number of aromatic nitrogens is 2. The van der Waals surface area contributed by atoms with E-state index < -0.39 is 5.54 Å². The maximum atomic E-state index is 12.2. The Balaban J connectivity index is 2.03. The maximum absolute atomic E-state index is 12.2. The Hall–Kier alpha value is -1.01. The molecule has 2 N–H and O–H groups in total. The van der Waals surface area contributed by atoms with Crippen LogP contribution in [0.5, 0.6) is 0 Å². The second-order valence-electron chi connectivity index (χ2n) is 4.78. The summed E-state index contributed by atoms with van der Waals surface area (Å²) in [5.74, 6) is -0.123. The molecular weight excluding hydrogens is 262 g/mol. The number of hydrogen-bond donors (Lipinski definition) is 2. The van der Waals surface area contributed by atoms with Crippen molar-refractivity contribution in [3.05, 3.63) is 12.4 Å². The van der Waals surface area contributed by atoms with E-state index in [1.807, 2.05) is 20.2 Å². The van der Waals surface area contributed by atoms with Gasteiger partial charge in [-0.25, -0.2) is 4.98 Å². The third-order valence-electron chi connectivity index (χ3n) is 3.60. The monoisotopic (exact) mass is 283 g/mol. The molecule has 1 aromatic rings. The standard InChI is InChI=1S/C13H21N3O2S/c1-3-18-11(17)13(14-2)6-4-5-10(9-13)19-12-15-7-8-16-12/h7-8,10,14H,3-6,9H2,1-2H3,(H,15,16). The molecule has 1 aromatic heterocycles. The zero-order chi connectivity index (χ0) is 13.7. The number of H-pyrrole nitrogens is 1. The third kappa shape index (κ3) is 3.30. The summed E-state index contributed by atoms with van der Waals surface area (Å²) in [6.07, 6.45) is 7.33. The molecule has 1 aliphatic carbocycles. The molecule has 1 fully saturated rings. The van der Waals surface area contributed by atoms with Gasteiger partial charge < -0.3 is 15.0 Å². The maximum Gasteiger partial charge on any atom is 0.326 e. The number of hydrogen-bond acceptors (Lipinski definition) is 5. The van der Waals surface area contributed by atoms with Gasteiger partial charge in [-0.15, -0.1) is 0 Å². The number of rotatable bonds is 5. The van der Waals surface area contributed by atoms with Crippen LogP contribution in [0.1, 0.15) is 32.6 Å². The van der Waals surface area contributed by atoms with E-state index in [1.165, 1.54) is 0 Å². The van der Waals surface area contributed by atoms with Gasteiger partial charge in [-0.2, -0.15) is 0 Å². The van der Waals surface area contributed by atoms with E-state index in [-0.39, 0.29) is 5.97 Å². The van der Waals surface area contributed by atoms with Gasteiger partial charge in [0.2, 0.25) is 0 Å². The van der Waals surface area contributed by atoms with Gasteiger partial charge in [0.15, 0.2) is 5.16 Å². The van der Waals surface area contributed by atoms with E-state index in [9.17, 15) is 4.79 Å². The van der Waals surface area contributed by atoms with Crippen molar-refractivity contribution < 1.29 is 9.53 Å². The van der Waals surface area contributed by atoms with E-state index in [0.717, 1.165) is 30.8 Å². The van der Waals surface area contributed by atoms with Crippen LogP contribution < -0.4 is 5.32 Å². The molecule has 1 saturated carbocycles. The molecular formula is C13H21N3O2S.